The molecule has 1 aliphatic carbocycles. The van der Waals surface area contributed by atoms with Gasteiger partial charge in [0.2, 0.25) is 0 Å². The number of aromatic nitrogens is 4. The van der Waals surface area contributed by atoms with E-state index in [1.807, 2.05) is 26.8 Å². The van der Waals surface area contributed by atoms with Gasteiger partial charge in [-0.1, -0.05) is 30.4 Å². The number of aliphatic carboxylic acids is 1. The quantitative estimate of drug-likeness (QED) is 0.701. The molecule has 1 aliphatic rings. The average molecular weight is 411 g/mol. The van der Waals surface area contributed by atoms with Gasteiger partial charge in [-0.3, -0.25) is 10.1 Å². The maximum atomic E-state index is 12.2. The molecular weight excluding hydrogens is 386 g/mol. The standard InChI is InChI=1S/C21H25N5O4/c1-5-6-12(2)30-21(29)23-19-18(24-25-26(19)4)17-10-9-14(13(3)22-17)7-8-15-11-16(15)20(27)28/h9-10,12,15-16H,5-6,11H2,1-4H3,(H,23,29)(H,27,28)/t12-,15-,16-/m1/s1. The Bertz CT molecular complexity index is 1020. The van der Waals surface area contributed by atoms with Crippen LogP contribution in [0.4, 0.5) is 10.6 Å². The Labute approximate surface area is 174 Å². The third-order valence-electron chi connectivity index (χ3n) is 4.88. The van der Waals surface area contributed by atoms with Gasteiger partial charge in [0.1, 0.15) is 6.10 Å². The maximum absolute atomic E-state index is 12.2. The second-order valence-electron chi connectivity index (χ2n) is 7.43. The van der Waals surface area contributed by atoms with Crippen LogP contribution in [0.2, 0.25) is 0 Å². The fraction of sp³-hybridized carbons (Fsp3) is 0.476. The van der Waals surface area contributed by atoms with Crippen molar-refractivity contribution in [3.05, 3.63) is 23.4 Å². The maximum Gasteiger partial charge on any atom is 0.413 e. The van der Waals surface area contributed by atoms with Crippen molar-refractivity contribution in [2.24, 2.45) is 18.9 Å². The molecule has 2 aromatic heterocycles. The first-order valence-corrected chi connectivity index (χ1v) is 9.89. The fourth-order valence-electron chi connectivity index (χ4n) is 3.07. The van der Waals surface area contributed by atoms with Crippen molar-refractivity contribution in [3.63, 3.8) is 0 Å². The first-order chi connectivity index (χ1) is 14.3. The fourth-order valence-corrected chi connectivity index (χ4v) is 3.07. The lowest BCUT2D eigenvalue weighted by molar-refractivity contribution is -0.138. The summed E-state index contributed by atoms with van der Waals surface area (Å²) in [6.45, 7) is 5.69. The van der Waals surface area contributed by atoms with Crippen LogP contribution in [0.1, 0.15) is 44.4 Å². The van der Waals surface area contributed by atoms with Crippen LogP contribution in [0.15, 0.2) is 12.1 Å². The lowest BCUT2D eigenvalue weighted by Gasteiger charge is -2.13. The van der Waals surface area contributed by atoms with E-state index in [0.717, 1.165) is 18.4 Å². The van der Waals surface area contributed by atoms with Gasteiger partial charge in [0.25, 0.3) is 0 Å². The van der Waals surface area contributed by atoms with E-state index in [0.29, 0.717) is 29.3 Å². The van der Waals surface area contributed by atoms with Crippen LogP contribution in [0.25, 0.3) is 11.4 Å². The number of aryl methyl sites for hydroxylation is 2. The van der Waals surface area contributed by atoms with E-state index in [4.69, 9.17) is 9.84 Å². The van der Waals surface area contributed by atoms with E-state index in [-0.39, 0.29) is 17.9 Å². The van der Waals surface area contributed by atoms with Crippen LogP contribution >= 0.6 is 0 Å². The highest BCUT2D eigenvalue weighted by molar-refractivity contribution is 5.88. The van der Waals surface area contributed by atoms with Crippen molar-refractivity contribution in [2.45, 2.75) is 46.1 Å². The number of ether oxygens (including phenoxy) is 1. The molecule has 1 fully saturated rings. The summed E-state index contributed by atoms with van der Waals surface area (Å²) in [5.74, 6) is 5.14. The number of nitrogens with one attached hydrogen (secondary N) is 1. The predicted octanol–water partition coefficient (Wildman–Crippen LogP) is 2.99. The number of rotatable bonds is 6. The number of hydrogen-bond acceptors (Lipinski definition) is 6. The van der Waals surface area contributed by atoms with E-state index in [1.54, 1.807) is 13.1 Å². The number of carboxylic acids is 1. The second kappa shape index (κ2) is 8.95. The first-order valence-electron chi connectivity index (χ1n) is 9.89. The summed E-state index contributed by atoms with van der Waals surface area (Å²) in [7, 11) is 1.67. The summed E-state index contributed by atoms with van der Waals surface area (Å²) in [6.07, 6.45) is 1.53. The molecule has 0 spiro atoms. The van der Waals surface area contributed by atoms with Crippen molar-refractivity contribution in [2.75, 3.05) is 5.32 Å². The second-order valence-corrected chi connectivity index (χ2v) is 7.43. The molecule has 0 unspecified atom stereocenters. The summed E-state index contributed by atoms with van der Waals surface area (Å²) < 4.78 is 6.79. The highest BCUT2D eigenvalue weighted by Gasteiger charge is 2.42. The number of carbonyl (C=O) groups is 2. The predicted molar refractivity (Wildman–Crippen MR) is 110 cm³/mol. The normalized spacial score (nSPS) is 18.1. The largest absolute Gasteiger partial charge is 0.481 e. The van der Waals surface area contributed by atoms with Gasteiger partial charge in [0.05, 0.1) is 17.3 Å². The van der Waals surface area contributed by atoms with E-state index >= 15 is 0 Å². The molecule has 0 aliphatic heterocycles. The minimum Gasteiger partial charge on any atom is -0.481 e. The Hall–Kier alpha value is -3.41. The van der Waals surface area contributed by atoms with Gasteiger partial charge in [0.15, 0.2) is 11.5 Å². The number of nitrogens with zero attached hydrogens (tertiary/aromatic N) is 4. The van der Waals surface area contributed by atoms with Crippen LogP contribution in [0, 0.1) is 30.6 Å². The van der Waals surface area contributed by atoms with Crippen molar-refractivity contribution >= 4 is 17.9 Å². The SMILES string of the molecule is CCC[C@@H](C)OC(=O)Nc1c(-c2ccc(C#C[C@@H]3C[C@H]3C(=O)O)c(C)n2)nnn1C. The van der Waals surface area contributed by atoms with E-state index in [1.165, 1.54) is 4.68 Å². The Morgan fingerprint density at radius 3 is 2.83 bits per heavy atom. The lowest BCUT2D eigenvalue weighted by atomic mass is 10.1. The highest BCUT2D eigenvalue weighted by Crippen LogP contribution is 2.37. The van der Waals surface area contributed by atoms with Crippen molar-refractivity contribution < 1.29 is 19.4 Å². The number of pyridine rings is 1. The molecule has 2 aromatic rings. The van der Waals surface area contributed by atoms with Gasteiger partial charge in [-0.2, -0.15) is 0 Å². The van der Waals surface area contributed by atoms with Crippen LogP contribution in [0.5, 0.6) is 0 Å². The summed E-state index contributed by atoms with van der Waals surface area (Å²) in [5, 5.41) is 19.8. The molecule has 0 aromatic carbocycles. The third-order valence-corrected chi connectivity index (χ3v) is 4.88. The van der Waals surface area contributed by atoms with Gasteiger partial charge in [-0.15, -0.1) is 5.10 Å². The third kappa shape index (κ3) is 4.95. The number of carboxylic acid groups (broad SMARTS) is 1. The molecule has 1 saturated carbocycles. The summed E-state index contributed by atoms with van der Waals surface area (Å²) in [5.41, 5.74) is 2.37. The molecule has 0 saturated heterocycles. The number of anilines is 1. The minimum absolute atomic E-state index is 0.0986. The molecule has 1 amide bonds. The van der Waals surface area contributed by atoms with E-state index in [9.17, 15) is 9.59 Å². The van der Waals surface area contributed by atoms with Crippen LogP contribution in [0.3, 0.4) is 0 Å². The molecule has 9 heteroatoms. The smallest absolute Gasteiger partial charge is 0.413 e. The van der Waals surface area contributed by atoms with Crippen LogP contribution in [-0.2, 0) is 16.6 Å². The molecule has 0 bridgehead atoms. The lowest BCUT2D eigenvalue weighted by Crippen LogP contribution is -2.21. The first kappa shape index (κ1) is 21.3. The molecule has 0 radical (unpaired) electrons. The molecule has 158 valence electrons. The Kier molecular flexibility index (Phi) is 6.35. The molecule has 3 rings (SSSR count). The van der Waals surface area contributed by atoms with Gasteiger partial charge in [-0.25, -0.2) is 14.5 Å². The Morgan fingerprint density at radius 1 is 1.43 bits per heavy atom. The summed E-state index contributed by atoms with van der Waals surface area (Å²) in [6, 6.07) is 3.56. The molecule has 2 heterocycles. The zero-order chi connectivity index (χ0) is 21.8. The minimum atomic E-state index is -0.801. The number of hydrogen-bond donors (Lipinski definition) is 2. The van der Waals surface area contributed by atoms with Gasteiger partial charge < -0.3 is 9.84 Å². The molecule has 30 heavy (non-hydrogen) atoms. The Morgan fingerprint density at radius 2 is 2.20 bits per heavy atom. The zero-order valence-corrected chi connectivity index (χ0v) is 17.5. The molecule has 3 atom stereocenters. The summed E-state index contributed by atoms with van der Waals surface area (Å²) in [4.78, 5) is 27.7. The summed E-state index contributed by atoms with van der Waals surface area (Å²) >= 11 is 0. The van der Waals surface area contributed by atoms with Gasteiger partial charge in [0, 0.05) is 18.5 Å². The van der Waals surface area contributed by atoms with Crippen molar-refractivity contribution in [3.8, 4) is 23.2 Å². The zero-order valence-electron chi connectivity index (χ0n) is 17.5. The monoisotopic (exact) mass is 411 g/mol. The van der Waals surface area contributed by atoms with E-state index < -0.39 is 12.1 Å². The number of amides is 1. The molecule has 9 nitrogen and oxygen atoms in total. The van der Waals surface area contributed by atoms with Crippen LogP contribution < -0.4 is 5.32 Å². The molecule has 2 N–H and O–H groups in total. The van der Waals surface area contributed by atoms with E-state index in [2.05, 4.69) is 32.5 Å². The highest BCUT2D eigenvalue weighted by atomic mass is 16.6. The molecular formula is C21H25N5O4. The average Bonchev–Trinajstić information content (AvgIpc) is 3.38. The topological polar surface area (TPSA) is 119 Å². The van der Waals surface area contributed by atoms with Crippen LogP contribution in [-0.4, -0.2) is 43.3 Å². The Balaban J connectivity index is 1.75. The number of carbonyl (C=O) groups excluding carboxylic acids is 1. The van der Waals surface area contributed by atoms with Gasteiger partial charge in [-0.05, 0) is 38.8 Å². The van der Waals surface area contributed by atoms with Gasteiger partial charge >= 0.3 is 12.1 Å². The van der Waals surface area contributed by atoms with Crippen molar-refractivity contribution in [1.82, 2.24) is 20.0 Å². The van der Waals surface area contributed by atoms with Crippen molar-refractivity contribution in [1.29, 1.82) is 0 Å².